The summed E-state index contributed by atoms with van der Waals surface area (Å²) >= 11 is 3.11. The predicted molar refractivity (Wildman–Crippen MR) is 64.0 cm³/mol. The van der Waals surface area contributed by atoms with Crippen LogP contribution in [0.1, 0.15) is 5.56 Å². The van der Waals surface area contributed by atoms with Gasteiger partial charge in [-0.25, -0.2) is 4.79 Å². The maximum absolute atomic E-state index is 10.8. The van der Waals surface area contributed by atoms with Gasteiger partial charge >= 0.3 is 5.97 Å². The van der Waals surface area contributed by atoms with Gasteiger partial charge in [-0.3, -0.25) is 10.1 Å². The molecule has 0 saturated heterocycles. The number of methoxy groups -OCH3 is 1. The fraction of sp³-hybridized carbons (Fsp3) is 0.100. The maximum Gasteiger partial charge on any atom is 0.328 e. The van der Waals surface area contributed by atoms with Crippen LogP contribution in [0.5, 0.6) is 5.75 Å². The van der Waals surface area contributed by atoms with Gasteiger partial charge in [-0.1, -0.05) is 15.9 Å². The Bertz CT molecular complexity index is 498. The van der Waals surface area contributed by atoms with Crippen molar-refractivity contribution in [3.05, 3.63) is 38.4 Å². The molecule has 0 saturated carbocycles. The van der Waals surface area contributed by atoms with Gasteiger partial charge in [0.1, 0.15) is 5.75 Å². The first kappa shape index (κ1) is 13.2. The average molecular weight is 302 g/mol. The van der Waals surface area contributed by atoms with Crippen molar-refractivity contribution >= 4 is 33.7 Å². The number of nitro groups is 1. The van der Waals surface area contributed by atoms with Gasteiger partial charge in [0.05, 0.1) is 17.6 Å². The lowest BCUT2D eigenvalue weighted by molar-refractivity contribution is -0.385. The van der Waals surface area contributed by atoms with Crippen molar-refractivity contribution in [2.24, 2.45) is 0 Å². The van der Waals surface area contributed by atoms with Gasteiger partial charge in [0.25, 0.3) is 5.69 Å². The lowest BCUT2D eigenvalue weighted by Crippen LogP contribution is -1.96. The topological polar surface area (TPSA) is 89.7 Å². The van der Waals surface area contributed by atoms with Crippen LogP contribution in [-0.4, -0.2) is 23.1 Å². The highest BCUT2D eigenvalue weighted by Gasteiger charge is 2.18. The van der Waals surface area contributed by atoms with E-state index in [-0.39, 0.29) is 17.0 Å². The number of ether oxygens (including phenoxy) is 1. The quantitative estimate of drug-likeness (QED) is 0.524. The first-order valence-corrected chi connectivity index (χ1v) is 5.18. The molecule has 0 unspecified atom stereocenters. The van der Waals surface area contributed by atoms with E-state index in [1.807, 2.05) is 0 Å². The number of carbonyl (C=O) groups is 1. The van der Waals surface area contributed by atoms with Crippen molar-refractivity contribution in [1.82, 2.24) is 0 Å². The number of nitro benzene ring substituents is 1. The van der Waals surface area contributed by atoms with Crippen molar-refractivity contribution in [3.63, 3.8) is 0 Å². The van der Waals surface area contributed by atoms with Gasteiger partial charge in [0.15, 0.2) is 0 Å². The molecule has 1 rings (SSSR count). The van der Waals surface area contributed by atoms with Crippen LogP contribution >= 0.6 is 15.9 Å². The van der Waals surface area contributed by atoms with E-state index in [0.29, 0.717) is 4.47 Å². The monoisotopic (exact) mass is 301 g/mol. The van der Waals surface area contributed by atoms with E-state index in [0.717, 1.165) is 12.2 Å². The number of carboxylic acid groups (broad SMARTS) is 1. The molecule has 0 fully saturated rings. The van der Waals surface area contributed by atoms with E-state index in [1.54, 1.807) is 0 Å². The molecule has 90 valence electrons. The van der Waals surface area contributed by atoms with Crippen molar-refractivity contribution < 1.29 is 19.6 Å². The Morgan fingerprint density at radius 1 is 1.59 bits per heavy atom. The Kier molecular flexibility index (Phi) is 4.22. The third-order valence-electron chi connectivity index (χ3n) is 1.89. The zero-order valence-corrected chi connectivity index (χ0v) is 10.3. The van der Waals surface area contributed by atoms with Crippen molar-refractivity contribution in [3.8, 4) is 5.75 Å². The van der Waals surface area contributed by atoms with Gasteiger partial charge < -0.3 is 9.84 Å². The van der Waals surface area contributed by atoms with Crippen molar-refractivity contribution in [2.75, 3.05) is 7.11 Å². The molecule has 7 heteroatoms. The van der Waals surface area contributed by atoms with Gasteiger partial charge in [-0.05, 0) is 12.1 Å². The van der Waals surface area contributed by atoms with Crippen LogP contribution in [0.25, 0.3) is 6.08 Å². The van der Waals surface area contributed by atoms with E-state index in [4.69, 9.17) is 9.84 Å². The second-order valence-electron chi connectivity index (χ2n) is 2.97. The minimum atomic E-state index is -1.19. The van der Waals surface area contributed by atoms with E-state index < -0.39 is 10.9 Å². The first-order valence-electron chi connectivity index (χ1n) is 4.38. The minimum Gasteiger partial charge on any atom is -0.496 e. The van der Waals surface area contributed by atoms with Crippen LogP contribution in [0, 0.1) is 10.1 Å². The summed E-state index contributed by atoms with van der Waals surface area (Å²) in [6.45, 7) is 0. The summed E-state index contributed by atoms with van der Waals surface area (Å²) in [4.78, 5) is 20.6. The van der Waals surface area contributed by atoms with Crippen LogP contribution in [0.15, 0.2) is 22.7 Å². The van der Waals surface area contributed by atoms with E-state index >= 15 is 0 Å². The lowest BCUT2D eigenvalue weighted by Gasteiger charge is -2.06. The molecular formula is C10H8BrNO5. The smallest absolute Gasteiger partial charge is 0.328 e. The van der Waals surface area contributed by atoms with E-state index in [1.165, 1.54) is 19.2 Å². The van der Waals surface area contributed by atoms with Crippen molar-refractivity contribution in [2.45, 2.75) is 0 Å². The van der Waals surface area contributed by atoms with Gasteiger partial charge in [0.2, 0.25) is 0 Å². The number of hydrogen-bond acceptors (Lipinski definition) is 4. The summed E-state index contributed by atoms with van der Waals surface area (Å²) in [5, 5.41) is 19.4. The number of nitrogens with zero attached hydrogens (tertiary/aromatic N) is 1. The number of carboxylic acids is 1. The molecule has 0 atom stereocenters. The standard InChI is InChI=1S/C10H8BrNO5/c1-17-9-5-6(11)4-8(12(15)16)7(9)2-3-10(13)14/h2-5H,1H3,(H,13,14)/b3-2+. The maximum atomic E-state index is 10.8. The molecule has 0 spiro atoms. The zero-order chi connectivity index (χ0) is 13.0. The first-order chi connectivity index (χ1) is 7.95. The highest BCUT2D eigenvalue weighted by Crippen LogP contribution is 2.33. The van der Waals surface area contributed by atoms with E-state index in [9.17, 15) is 14.9 Å². The minimum absolute atomic E-state index is 0.114. The third kappa shape index (κ3) is 3.28. The largest absolute Gasteiger partial charge is 0.496 e. The summed E-state index contributed by atoms with van der Waals surface area (Å²) in [5.74, 6) is -0.965. The molecule has 1 N–H and O–H groups in total. The Labute approximate surface area is 105 Å². The summed E-state index contributed by atoms with van der Waals surface area (Å²) in [7, 11) is 1.35. The Morgan fingerprint density at radius 2 is 2.24 bits per heavy atom. The molecule has 1 aromatic rings. The van der Waals surface area contributed by atoms with Gasteiger partial charge in [-0.2, -0.15) is 0 Å². The molecule has 17 heavy (non-hydrogen) atoms. The summed E-state index contributed by atoms with van der Waals surface area (Å²) in [6, 6.07) is 2.80. The fourth-order valence-corrected chi connectivity index (χ4v) is 1.65. The highest BCUT2D eigenvalue weighted by molar-refractivity contribution is 9.10. The molecular weight excluding hydrogens is 294 g/mol. The molecule has 6 nitrogen and oxygen atoms in total. The van der Waals surface area contributed by atoms with Crippen molar-refractivity contribution in [1.29, 1.82) is 0 Å². The SMILES string of the molecule is COc1cc(Br)cc([N+](=O)[O-])c1/C=C/C(=O)O. The molecule has 0 heterocycles. The van der Waals surface area contributed by atoms with E-state index in [2.05, 4.69) is 15.9 Å². The van der Waals surface area contributed by atoms with Gasteiger partial charge in [0, 0.05) is 16.6 Å². The molecule has 0 aromatic heterocycles. The fourth-order valence-electron chi connectivity index (χ4n) is 1.22. The predicted octanol–water partition coefficient (Wildman–Crippen LogP) is 2.46. The molecule has 0 radical (unpaired) electrons. The summed E-state index contributed by atoms with van der Waals surface area (Å²) in [6.07, 6.45) is 1.95. The Hall–Kier alpha value is -1.89. The number of hydrogen-bond donors (Lipinski definition) is 1. The Morgan fingerprint density at radius 3 is 2.71 bits per heavy atom. The van der Waals surface area contributed by atoms with Crippen LogP contribution in [0.3, 0.4) is 0 Å². The normalized spacial score (nSPS) is 10.5. The molecule has 0 bridgehead atoms. The van der Waals surface area contributed by atoms with Crippen LogP contribution in [-0.2, 0) is 4.79 Å². The zero-order valence-electron chi connectivity index (χ0n) is 8.71. The number of rotatable bonds is 4. The second-order valence-corrected chi connectivity index (χ2v) is 3.89. The second kappa shape index (κ2) is 5.44. The molecule has 0 aliphatic carbocycles. The number of aliphatic carboxylic acids is 1. The average Bonchev–Trinajstić information content (AvgIpc) is 2.25. The molecule has 0 aliphatic rings. The summed E-state index contributed by atoms with van der Waals surface area (Å²) in [5.41, 5.74) is -0.114. The molecule has 0 amide bonds. The third-order valence-corrected chi connectivity index (χ3v) is 2.35. The number of halogens is 1. The van der Waals surface area contributed by atoms with Gasteiger partial charge in [-0.15, -0.1) is 0 Å². The highest BCUT2D eigenvalue weighted by atomic mass is 79.9. The van der Waals surface area contributed by atoms with Crippen LogP contribution in [0.2, 0.25) is 0 Å². The molecule has 1 aromatic carbocycles. The van der Waals surface area contributed by atoms with Crippen LogP contribution < -0.4 is 4.74 Å². The Balaban J connectivity index is 3.41. The number of benzene rings is 1. The summed E-state index contributed by atoms with van der Waals surface area (Å²) < 4.78 is 5.45. The lowest BCUT2D eigenvalue weighted by atomic mass is 10.1. The molecule has 0 aliphatic heterocycles. The van der Waals surface area contributed by atoms with Crippen LogP contribution in [0.4, 0.5) is 5.69 Å².